The number of benzene rings is 1. The van der Waals surface area contributed by atoms with Crippen LogP contribution in [0.2, 0.25) is 0 Å². The smallest absolute Gasteiger partial charge is 0.0353 e. The minimum atomic E-state index is 0.457. The Morgan fingerprint density at radius 3 is 2.53 bits per heavy atom. The van der Waals surface area contributed by atoms with Gasteiger partial charge in [-0.05, 0) is 54.8 Å². The van der Waals surface area contributed by atoms with E-state index in [1.54, 1.807) is 0 Å². The molecule has 2 rings (SSSR count). The summed E-state index contributed by atoms with van der Waals surface area (Å²) in [6.45, 7) is 8.22. The Hall–Kier alpha value is -0.340. The molecule has 1 N–H and O–H groups in total. The van der Waals surface area contributed by atoms with E-state index in [2.05, 4.69) is 66.3 Å². The van der Waals surface area contributed by atoms with E-state index in [-0.39, 0.29) is 0 Å². The summed E-state index contributed by atoms with van der Waals surface area (Å²) in [4.78, 5) is 0. The van der Waals surface area contributed by atoms with Gasteiger partial charge < -0.3 is 5.32 Å². The third-order valence-corrected chi connectivity index (χ3v) is 5.11. The maximum Gasteiger partial charge on any atom is 0.0353 e. The molecule has 1 saturated carbocycles. The van der Waals surface area contributed by atoms with Gasteiger partial charge in [-0.1, -0.05) is 55.3 Å². The Morgan fingerprint density at radius 1 is 1.32 bits per heavy atom. The van der Waals surface area contributed by atoms with E-state index in [4.69, 9.17) is 0 Å². The van der Waals surface area contributed by atoms with Crippen LogP contribution in [0.5, 0.6) is 0 Å². The van der Waals surface area contributed by atoms with Crippen molar-refractivity contribution >= 4 is 15.9 Å². The van der Waals surface area contributed by atoms with Crippen LogP contribution in [0, 0.1) is 11.3 Å². The first-order chi connectivity index (χ1) is 9.04. The van der Waals surface area contributed by atoms with Gasteiger partial charge in [-0.25, -0.2) is 0 Å². The molecule has 1 aliphatic carbocycles. The van der Waals surface area contributed by atoms with Gasteiger partial charge in [0.25, 0.3) is 0 Å². The van der Waals surface area contributed by atoms with E-state index in [0.717, 1.165) is 16.9 Å². The molecule has 0 spiro atoms. The fourth-order valence-electron chi connectivity index (χ4n) is 3.43. The van der Waals surface area contributed by atoms with Gasteiger partial charge >= 0.3 is 0 Å². The largest absolute Gasteiger partial charge is 0.310 e. The highest BCUT2D eigenvalue weighted by atomic mass is 79.9. The molecule has 19 heavy (non-hydrogen) atoms. The van der Waals surface area contributed by atoms with E-state index in [1.165, 1.54) is 31.2 Å². The number of rotatable bonds is 5. The van der Waals surface area contributed by atoms with Crippen molar-refractivity contribution in [3.63, 3.8) is 0 Å². The number of halogens is 1. The quantitative estimate of drug-likeness (QED) is 0.773. The monoisotopic (exact) mass is 323 g/mol. The third kappa shape index (κ3) is 3.61. The lowest BCUT2D eigenvalue weighted by atomic mass is 9.75. The molecule has 2 unspecified atom stereocenters. The van der Waals surface area contributed by atoms with Gasteiger partial charge in [0.2, 0.25) is 0 Å². The fraction of sp³-hybridized carbons (Fsp3) is 0.647. The van der Waals surface area contributed by atoms with Crippen molar-refractivity contribution < 1.29 is 0 Å². The Balaban J connectivity index is 2.22. The molecule has 1 nitrogen and oxygen atoms in total. The fourth-order valence-corrected chi connectivity index (χ4v) is 3.70. The van der Waals surface area contributed by atoms with Crippen LogP contribution in [0.25, 0.3) is 0 Å². The zero-order chi connectivity index (χ0) is 13.9. The molecule has 106 valence electrons. The predicted octanol–water partition coefficient (Wildman–Crippen LogP) is 5.32. The molecule has 0 bridgehead atoms. The van der Waals surface area contributed by atoms with Gasteiger partial charge in [0.1, 0.15) is 0 Å². The molecular weight excluding hydrogens is 298 g/mol. The lowest BCUT2D eigenvalue weighted by Crippen LogP contribution is -2.34. The Morgan fingerprint density at radius 2 is 2.00 bits per heavy atom. The highest BCUT2D eigenvalue weighted by Gasteiger charge is 2.39. The van der Waals surface area contributed by atoms with Crippen LogP contribution < -0.4 is 5.32 Å². The summed E-state index contributed by atoms with van der Waals surface area (Å²) in [7, 11) is 0. The second-order valence-corrected chi connectivity index (χ2v) is 7.39. The summed E-state index contributed by atoms with van der Waals surface area (Å²) in [5.41, 5.74) is 1.90. The molecule has 1 aromatic carbocycles. The maximum absolute atomic E-state index is 3.79. The van der Waals surface area contributed by atoms with Crippen molar-refractivity contribution in [2.24, 2.45) is 11.3 Å². The molecule has 1 aromatic rings. The summed E-state index contributed by atoms with van der Waals surface area (Å²) in [6.07, 6.45) is 5.28. The molecule has 1 aliphatic rings. The number of hydrogen-bond acceptors (Lipinski definition) is 1. The predicted molar refractivity (Wildman–Crippen MR) is 86.3 cm³/mol. The average molecular weight is 324 g/mol. The van der Waals surface area contributed by atoms with Crippen LogP contribution in [0.15, 0.2) is 28.7 Å². The first-order valence-electron chi connectivity index (χ1n) is 7.53. The van der Waals surface area contributed by atoms with Gasteiger partial charge in [-0.15, -0.1) is 0 Å². The molecule has 0 saturated heterocycles. The topological polar surface area (TPSA) is 12.0 Å². The standard InChI is InChI=1S/C17H26BrN/c1-4-12-19-16(13-7-9-14(18)10-8-13)15-6-5-11-17(15,2)3/h7-10,15-16,19H,4-6,11-12H2,1-3H3. The van der Waals surface area contributed by atoms with E-state index in [9.17, 15) is 0 Å². The molecule has 0 radical (unpaired) electrons. The van der Waals surface area contributed by atoms with Crippen molar-refractivity contribution in [3.8, 4) is 0 Å². The van der Waals surface area contributed by atoms with Crippen molar-refractivity contribution in [2.45, 2.75) is 52.5 Å². The van der Waals surface area contributed by atoms with Crippen LogP contribution >= 0.6 is 15.9 Å². The summed E-state index contributed by atoms with van der Waals surface area (Å²) >= 11 is 3.53. The molecule has 1 fully saturated rings. The molecule has 0 aromatic heterocycles. The third-order valence-electron chi connectivity index (χ3n) is 4.59. The van der Waals surface area contributed by atoms with E-state index >= 15 is 0 Å². The highest BCUT2D eigenvalue weighted by Crippen LogP contribution is 2.48. The van der Waals surface area contributed by atoms with E-state index in [0.29, 0.717) is 11.5 Å². The molecule has 2 heteroatoms. The van der Waals surface area contributed by atoms with Gasteiger partial charge in [-0.3, -0.25) is 0 Å². The van der Waals surface area contributed by atoms with Gasteiger partial charge in [0, 0.05) is 10.5 Å². The molecular formula is C17H26BrN. The Labute approximate surface area is 126 Å². The van der Waals surface area contributed by atoms with Crippen LogP contribution in [0.1, 0.15) is 58.1 Å². The highest BCUT2D eigenvalue weighted by molar-refractivity contribution is 9.10. The SMILES string of the molecule is CCCNC(c1ccc(Br)cc1)C1CCCC1(C)C. The molecule has 0 amide bonds. The first-order valence-corrected chi connectivity index (χ1v) is 8.33. The van der Waals surface area contributed by atoms with Gasteiger partial charge in [0.05, 0.1) is 0 Å². The summed E-state index contributed by atoms with van der Waals surface area (Å²) in [5, 5.41) is 3.79. The lowest BCUT2D eigenvalue weighted by molar-refractivity contribution is 0.198. The van der Waals surface area contributed by atoms with Crippen LogP contribution in [-0.4, -0.2) is 6.54 Å². The van der Waals surface area contributed by atoms with Crippen LogP contribution in [0.4, 0.5) is 0 Å². The second-order valence-electron chi connectivity index (χ2n) is 6.47. The molecule has 0 aliphatic heterocycles. The number of hydrogen-bond donors (Lipinski definition) is 1. The number of nitrogens with one attached hydrogen (secondary N) is 1. The Kier molecular flexibility index (Phi) is 5.08. The van der Waals surface area contributed by atoms with E-state index < -0.39 is 0 Å². The maximum atomic E-state index is 3.79. The normalized spacial score (nSPS) is 23.5. The van der Waals surface area contributed by atoms with Crippen molar-refractivity contribution in [3.05, 3.63) is 34.3 Å². The van der Waals surface area contributed by atoms with Gasteiger partial charge in [-0.2, -0.15) is 0 Å². The minimum absolute atomic E-state index is 0.457. The zero-order valence-electron chi connectivity index (χ0n) is 12.4. The molecule has 0 heterocycles. The van der Waals surface area contributed by atoms with Crippen LogP contribution in [-0.2, 0) is 0 Å². The van der Waals surface area contributed by atoms with Crippen molar-refractivity contribution in [2.75, 3.05) is 6.54 Å². The summed E-state index contributed by atoms with van der Waals surface area (Å²) in [5.74, 6) is 0.750. The average Bonchev–Trinajstić information content (AvgIpc) is 2.72. The minimum Gasteiger partial charge on any atom is -0.310 e. The Bertz CT molecular complexity index is 396. The van der Waals surface area contributed by atoms with Crippen molar-refractivity contribution in [1.29, 1.82) is 0 Å². The zero-order valence-corrected chi connectivity index (χ0v) is 14.0. The lowest BCUT2D eigenvalue weighted by Gasteiger charge is -2.35. The first kappa shape index (κ1) is 15.1. The van der Waals surface area contributed by atoms with Crippen molar-refractivity contribution in [1.82, 2.24) is 5.32 Å². The van der Waals surface area contributed by atoms with Crippen LogP contribution in [0.3, 0.4) is 0 Å². The van der Waals surface area contributed by atoms with Gasteiger partial charge in [0.15, 0.2) is 0 Å². The summed E-state index contributed by atoms with van der Waals surface area (Å²) in [6, 6.07) is 9.37. The van der Waals surface area contributed by atoms with E-state index in [1.807, 2.05) is 0 Å². The molecule has 2 atom stereocenters. The second kappa shape index (κ2) is 6.41. The summed E-state index contributed by atoms with van der Waals surface area (Å²) < 4.78 is 1.16.